The predicted molar refractivity (Wildman–Crippen MR) is 127 cm³/mol. The van der Waals surface area contributed by atoms with Crippen molar-refractivity contribution in [3.8, 4) is 0 Å². The maximum absolute atomic E-state index is 13.0. The summed E-state index contributed by atoms with van der Waals surface area (Å²) in [4.78, 5) is 9.05. The van der Waals surface area contributed by atoms with Crippen LogP contribution in [0, 0.1) is 5.82 Å². The van der Waals surface area contributed by atoms with Gasteiger partial charge < -0.3 is 15.5 Å². The number of rotatable bonds is 9. The molecule has 0 unspecified atom stereocenters. The van der Waals surface area contributed by atoms with Gasteiger partial charge in [0.15, 0.2) is 5.96 Å². The van der Waals surface area contributed by atoms with E-state index in [0.717, 1.165) is 57.5 Å². The molecule has 1 aliphatic rings. The first-order chi connectivity index (χ1) is 12.7. The van der Waals surface area contributed by atoms with Crippen LogP contribution in [0.5, 0.6) is 0 Å². The van der Waals surface area contributed by atoms with Crippen LogP contribution in [0.1, 0.15) is 12.8 Å². The number of unbranched alkanes of at least 4 members (excludes halogenated alkanes) is 1. The minimum atomic E-state index is -0.176. The SMILES string of the molecule is CN=C(NCCCCSC)NCCN1CCN(c2ccc(F)cc2)CC1.I. The van der Waals surface area contributed by atoms with Crippen molar-refractivity contribution >= 4 is 47.4 Å². The van der Waals surface area contributed by atoms with Crippen LogP contribution in [0.2, 0.25) is 0 Å². The number of guanidine groups is 1. The first kappa shape index (κ1) is 24.3. The minimum Gasteiger partial charge on any atom is -0.369 e. The molecule has 0 amide bonds. The number of nitrogens with one attached hydrogen (secondary N) is 2. The van der Waals surface area contributed by atoms with Crippen molar-refractivity contribution in [1.29, 1.82) is 0 Å². The van der Waals surface area contributed by atoms with Gasteiger partial charge in [0.05, 0.1) is 0 Å². The van der Waals surface area contributed by atoms with E-state index in [9.17, 15) is 4.39 Å². The van der Waals surface area contributed by atoms with Crippen LogP contribution < -0.4 is 15.5 Å². The van der Waals surface area contributed by atoms with Gasteiger partial charge in [-0.15, -0.1) is 24.0 Å². The van der Waals surface area contributed by atoms with Crippen LogP contribution >= 0.6 is 35.7 Å². The smallest absolute Gasteiger partial charge is 0.191 e. The molecule has 1 aromatic carbocycles. The molecule has 0 saturated carbocycles. The second-order valence-corrected chi connectivity index (χ2v) is 7.42. The Morgan fingerprint density at radius 2 is 1.74 bits per heavy atom. The Hall–Kier alpha value is -0.740. The minimum absolute atomic E-state index is 0. The van der Waals surface area contributed by atoms with E-state index in [4.69, 9.17) is 0 Å². The monoisotopic (exact) mass is 509 g/mol. The van der Waals surface area contributed by atoms with E-state index in [2.05, 4.69) is 31.7 Å². The van der Waals surface area contributed by atoms with Gasteiger partial charge in [-0.05, 0) is 49.1 Å². The zero-order valence-corrected chi connectivity index (χ0v) is 19.6. The molecule has 1 heterocycles. The lowest BCUT2D eigenvalue weighted by Crippen LogP contribution is -2.49. The van der Waals surface area contributed by atoms with Crippen molar-refractivity contribution in [2.24, 2.45) is 4.99 Å². The fraction of sp³-hybridized carbons (Fsp3) is 0.632. The molecule has 2 rings (SSSR count). The fourth-order valence-electron chi connectivity index (χ4n) is 3.01. The highest BCUT2D eigenvalue weighted by Crippen LogP contribution is 2.16. The molecule has 27 heavy (non-hydrogen) atoms. The molecule has 154 valence electrons. The molecule has 8 heteroatoms. The number of hydrogen-bond acceptors (Lipinski definition) is 4. The molecule has 1 saturated heterocycles. The van der Waals surface area contributed by atoms with E-state index in [1.165, 1.54) is 30.7 Å². The Morgan fingerprint density at radius 3 is 2.37 bits per heavy atom. The van der Waals surface area contributed by atoms with E-state index < -0.39 is 0 Å². The van der Waals surface area contributed by atoms with Gasteiger partial charge in [0.1, 0.15) is 5.82 Å². The van der Waals surface area contributed by atoms with E-state index in [-0.39, 0.29) is 29.8 Å². The number of piperazine rings is 1. The highest BCUT2D eigenvalue weighted by Gasteiger charge is 2.16. The van der Waals surface area contributed by atoms with E-state index >= 15 is 0 Å². The Kier molecular flexibility index (Phi) is 12.9. The third-order valence-electron chi connectivity index (χ3n) is 4.58. The van der Waals surface area contributed by atoms with Crippen LogP contribution in [-0.4, -0.2) is 75.7 Å². The highest BCUT2D eigenvalue weighted by atomic mass is 127. The van der Waals surface area contributed by atoms with Gasteiger partial charge in [0.2, 0.25) is 0 Å². The summed E-state index contributed by atoms with van der Waals surface area (Å²) in [6.07, 6.45) is 4.56. The van der Waals surface area contributed by atoms with Gasteiger partial charge in [-0.25, -0.2) is 4.39 Å². The van der Waals surface area contributed by atoms with Crippen molar-refractivity contribution in [2.75, 3.05) is 69.8 Å². The number of benzene rings is 1. The molecule has 0 aromatic heterocycles. The lowest BCUT2D eigenvalue weighted by atomic mass is 10.2. The van der Waals surface area contributed by atoms with Crippen LogP contribution in [0.4, 0.5) is 10.1 Å². The molecule has 1 fully saturated rings. The molecule has 0 aliphatic carbocycles. The van der Waals surface area contributed by atoms with Crippen LogP contribution in [0.3, 0.4) is 0 Å². The molecule has 0 bridgehead atoms. The van der Waals surface area contributed by atoms with Gasteiger partial charge >= 0.3 is 0 Å². The molecular weight excluding hydrogens is 476 g/mol. The number of thioether (sulfide) groups is 1. The number of aliphatic imine (C=N–C) groups is 1. The molecule has 1 aliphatic heterocycles. The van der Waals surface area contributed by atoms with Crippen molar-refractivity contribution < 1.29 is 4.39 Å². The Labute approximate surface area is 184 Å². The average Bonchev–Trinajstić information content (AvgIpc) is 2.67. The number of halogens is 2. The number of nitrogens with zero attached hydrogens (tertiary/aromatic N) is 3. The standard InChI is InChI=1S/C19H32FN5S.HI/c1-21-19(22-9-3-4-16-26-2)23-10-11-24-12-14-25(15-13-24)18-7-5-17(20)6-8-18;/h5-8H,3-4,9-16H2,1-2H3,(H2,21,22,23);1H. The second kappa shape index (κ2) is 14.3. The lowest BCUT2D eigenvalue weighted by molar-refractivity contribution is 0.261. The maximum Gasteiger partial charge on any atom is 0.191 e. The van der Waals surface area contributed by atoms with Gasteiger partial charge in [-0.2, -0.15) is 11.8 Å². The molecule has 1 aromatic rings. The molecule has 2 N–H and O–H groups in total. The summed E-state index contributed by atoms with van der Waals surface area (Å²) in [5, 5.41) is 6.76. The van der Waals surface area contributed by atoms with Crippen LogP contribution in [0.25, 0.3) is 0 Å². The summed E-state index contributed by atoms with van der Waals surface area (Å²) in [6.45, 7) is 6.88. The summed E-state index contributed by atoms with van der Waals surface area (Å²) < 4.78 is 13.0. The van der Waals surface area contributed by atoms with Crippen molar-refractivity contribution in [3.05, 3.63) is 30.1 Å². The van der Waals surface area contributed by atoms with Gasteiger partial charge in [-0.1, -0.05) is 0 Å². The lowest BCUT2D eigenvalue weighted by Gasteiger charge is -2.36. The summed E-state index contributed by atoms with van der Waals surface area (Å²) in [5.74, 6) is 1.93. The van der Waals surface area contributed by atoms with Crippen molar-refractivity contribution in [3.63, 3.8) is 0 Å². The van der Waals surface area contributed by atoms with E-state index in [0.29, 0.717) is 0 Å². The molecule has 0 radical (unpaired) electrons. The third kappa shape index (κ3) is 9.34. The van der Waals surface area contributed by atoms with Crippen LogP contribution in [-0.2, 0) is 0 Å². The number of hydrogen-bond donors (Lipinski definition) is 2. The number of anilines is 1. The first-order valence-corrected chi connectivity index (χ1v) is 10.8. The van der Waals surface area contributed by atoms with Crippen molar-refractivity contribution in [2.45, 2.75) is 12.8 Å². The van der Waals surface area contributed by atoms with Crippen molar-refractivity contribution in [1.82, 2.24) is 15.5 Å². The third-order valence-corrected chi connectivity index (χ3v) is 5.27. The zero-order chi connectivity index (χ0) is 18.6. The summed E-state index contributed by atoms with van der Waals surface area (Å²) in [6, 6.07) is 6.79. The normalized spacial score (nSPS) is 15.4. The van der Waals surface area contributed by atoms with E-state index in [1.54, 1.807) is 0 Å². The largest absolute Gasteiger partial charge is 0.369 e. The average molecular weight is 509 g/mol. The summed E-state index contributed by atoms with van der Waals surface area (Å²) in [5.41, 5.74) is 1.11. The first-order valence-electron chi connectivity index (χ1n) is 9.39. The Morgan fingerprint density at radius 1 is 1.07 bits per heavy atom. The van der Waals surface area contributed by atoms with Gasteiger partial charge in [0.25, 0.3) is 0 Å². The molecular formula is C19H33FIN5S. The summed E-state index contributed by atoms with van der Waals surface area (Å²) in [7, 11) is 1.82. The quantitative estimate of drug-likeness (QED) is 0.232. The zero-order valence-electron chi connectivity index (χ0n) is 16.4. The second-order valence-electron chi connectivity index (χ2n) is 6.43. The predicted octanol–water partition coefficient (Wildman–Crippen LogP) is 2.87. The maximum atomic E-state index is 13.0. The Bertz CT molecular complexity index is 535. The topological polar surface area (TPSA) is 42.9 Å². The highest BCUT2D eigenvalue weighted by molar-refractivity contribution is 14.0. The molecule has 5 nitrogen and oxygen atoms in total. The molecule has 0 atom stereocenters. The van der Waals surface area contributed by atoms with Gasteiger partial charge in [-0.3, -0.25) is 9.89 Å². The van der Waals surface area contributed by atoms with E-state index in [1.807, 2.05) is 30.9 Å². The fourth-order valence-corrected chi connectivity index (χ4v) is 3.51. The molecule has 0 spiro atoms. The van der Waals surface area contributed by atoms with Gasteiger partial charge in [0, 0.05) is 58.5 Å². The van der Waals surface area contributed by atoms with Crippen LogP contribution in [0.15, 0.2) is 29.3 Å². The summed E-state index contributed by atoms with van der Waals surface area (Å²) >= 11 is 1.90. The Balaban J connectivity index is 0.00000364.